The second-order valence-corrected chi connectivity index (χ2v) is 12.5. The van der Waals surface area contributed by atoms with Crippen LogP contribution in [0.1, 0.15) is 42.6 Å². The van der Waals surface area contributed by atoms with Crippen molar-refractivity contribution in [1.82, 2.24) is 9.88 Å². The van der Waals surface area contributed by atoms with E-state index in [1.807, 2.05) is 13.8 Å². The number of benzene rings is 2. The molecule has 0 aliphatic carbocycles. The van der Waals surface area contributed by atoms with Gasteiger partial charge in [-0.3, -0.25) is 9.78 Å². The molecule has 0 bridgehead atoms. The lowest BCUT2D eigenvalue weighted by Crippen LogP contribution is -2.43. The number of rotatable bonds is 7. The van der Waals surface area contributed by atoms with Gasteiger partial charge in [0.15, 0.2) is 9.84 Å². The topological polar surface area (TPSA) is 132 Å². The predicted octanol–water partition coefficient (Wildman–Crippen LogP) is 5.07. The number of halogens is 1. The second kappa shape index (κ2) is 11.2. The molecule has 1 aromatic heterocycles. The monoisotopic (exact) mass is 558 g/mol. The number of anilines is 2. The van der Waals surface area contributed by atoms with Crippen molar-refractivity contribution in [3.63, 3.8) is 0 Å². The molecule has 38 heavy (non-hydrogen) atoms. The van der Waals surface area contributed by atoms with Crippen molar-refractivity contribution in [2.75, 3.05) is 25.0 Å². The van der Waals surface area contributed by atoms with E-state index in [1.54, 1.807) is 42.2 Å². The molecule has 2 amide bonds. The summed E-state index contributed by atoms with van der Waals surface area (Å²) < 4.78 is 32.7. The van der Waals surface area contributed by atoms with Crippen molar-refractivity contribution in [2.45, 2.75) is 43.8 Å². The second-order valence-electron chi connectivity index (χ2n) is 9.88. The Bertz CT molecular complexity index is 1480. The fourth-order valence-electron chi connectivity index (χ4n) is 4.51. The molecule has 2 heterocycles. The molecule has 3 aromatic rings. The van der Waals surface area contributed by atoms with E-state index in [0.29, 0.717) is 65.4 Å². The molecular weight excluding hydrogens is 528 g/mol. The maximum atomic E-state index is 13.7. The number of carbonyl (C=O) groups is 2. The van der Waals surface area contributed by atoms with E-state index in [-0.39, 0.29) is 16.4 Å². The number of piperidine rings is 1. The van der Waals surface area contributed by atoms with Gasteiger partial charge < -0.3 is 20.7 Å². The minimum absolute atomic E-state index is 0.125. The van der Waals surface area contributed by atoms with Crippen LogP contribution < -0.4 is 11.1 Å². The number of hydrogen-bond donors (Lipinski definition) is 2. The van der Waals surface area contributed by atoms with Crippen molar-refractivity contribution in [3.05, 3.63) is 58.7 Å². The fraction of sp³-hybridized carbons (Fsp3) is 0.370. The highest BCUT2D eigenvalue weighted by Crippen LogP contribution is 2.35. The van der Waals surface area contributed by atoms with Crippen molar-refractivity contribution in [3.8, 4) is 0 Å². The summed E-state index contributed by atoms with van der Waals surface area (Å²) in [4.78, 5) is 30.6. The highest BCUT2D eigenvalue weighted by molar-refractivity contribution is 7.92. The molecule has 1 aliphatic heterocycles. The van der Waals surface area contributed by atoms with Crippen LogP contribution in [0.5, 0.6) is 0 Å². The van der Waals surface area contributed by atoms with Gasteiger partial charge in [-0.2, -0.15) is 0 Å². The Balaban J connectivity index is 1.68. The Morgan fingerprint density at radius 1 is 1.21 bits per heavy atom. The summed E-state index contributed by atoms with van der Waals surface area (Å²) in [6.07, 6.45) is 1.55. The van der Waals surface area contributed by atoms with Gasteiger partial charge in [0.05, 0.1) is 33.5 Å². The van der Waals surface area contributed by atoms with Crippen molar-refractivity contribution in [1.29, 1.82) is 0 Å². The Labute approximate surface area is 227 Å². The largest absolute Gasteiger partial charge is 0.449 e. The minimum Gasteiger partial charge on any atom is -0.449 e. The van der Waals surface area contributed by atoms with Crippen LogP contribution in [0.15, 0.2) is 47.5 Å². The first kappa shape index (κ1) is 27.7. The molecule has 1 aliphatic rings. The lowest BCUT2D eigenvalue weighted by Gasteiger charge is -2.31. The van der Waals surface area contributed by atoms with Crippen LogP contribution in [0.4, 0.5) is 16.2 Å². The number of carbonyl (C=O) groups excluding carboxylic acids is 2. The number of nitrogens with zero attached hydrogens (tertiary/aromatic N) is 2. The van der Waals surface area contributed by atoms with Gasteiger partial charge in [-0.25, -0.2) is 13.2 Å². The molecular formula is C27H31ClN4O5S. The highest BCUT2D eigenvalue weighted by atomic mass is 35.5. The number of amides is 2. The highest BCUT2D eigenvalue weighted by Gasteiger charge is 2.34. The number of aryl methyl sites for hydroxylation is 1. The van der Waals surface area contributed by atoms with E-state index < -0.39 is 27.1 Å². The first-order chi connectivity index (χ1) is 18.0. The van der Waals surface area contributed by atoms with Crippen molar-refractivity contribution in [2.24, 2.45) is 11.7 Å². The normalized spacial score (nSPS) is 14.6. The summed E-state index contributed by atoms with van der Waals surface area (Å²) >= 11 is 6.13. The summed E-state index contributed by atoms with van der Waals surface area (Å²) in [5, 5.41) is 3.47. The van der Waals surface area contributed by atoms with Gasteiger partial charge in [0, 0.05) is 35.4 Å². The van der Waals surface area contributed by atoms with E-state index in [2.05, 4.69) is 10.3 Å². The Hall–Kier alpha value is -3.37. The predicted molar refractivity (Wildman–Crippen MR) is 148 cm³/mol. The number of nitrogens with two attached hydrogens (primary N) is 1. The Morgan fingerprint density at radius 2 is 1.92 bits per heavy atom. The summed E-state index contributed by atoms with van der Waals surface area (Å²) in [7, 11) is -3.75. The van der Waals surface area contributed by atoms with E-state index in [9.17, 15) is 18.0 Å². The van der Waals surface area contributed by atoms with Crippen LogP contribution >= 0.6 is 11.6 Å². The number of pyridine rings is 1. The maximum absolute atomic E-state index is 13.7. The molecule has 11 heteroatoms. The SMILES string of the molecule is Cc1cc(S(=O)(=O)C2CCN(C(=O)OCC(C)C)CC2)cc2c(Nc3cccc(Cl)c3)c(C(N)=O)cnc12. The van der Waals surface area contributed by atoms with Gasteiger partial charge in [0.1, 0.15) is 0 Å². The Kier molecular flexibility index (Phi) is 8.13. The van der Waals surface area contributed by atoms with Gasteiger partial charge in [-0.1, -0.05) is 31.5 Å². The van der Waals surface area contributed by atoms with Gasteiger partial charge >= 0.3 is 6.09 Å². The minimum atomic E-state index is -3.75. The van der Waals surface area contributed by atoms with Gasteiger partial charge in [-0.05, 0) is 61.6 Å². The van der Waals surface area contributed by atoms with Crippen LogP contribution in [-0.4, -0.2) is 55.2 Å². The number of primary amides is 1. The molecule has 1 saturated heterocycles. The molecule has 3 N–H and O–H groups in total. The third-order valence-electron chi connectivity index (χ3n) is 6.50. The van der Waals surface area contributed by atoms with Crippen LogP contribution in [-0.2, 0) is 14.6 Å². The third-order valence-corrected chi connectivity index (χ3v) is 8.98. The van der Waals surface area contributed by atoms with Crippen molar-refractivity contribution < 1.29 is 22.7 Å². The molecule has 2 aromatic carbocycles. The molecule has 0 atom stereocenters. The summed E-state index contributed by atoms with van der Waals surface area (Å²) in [5.74, 6) is -0.484. The van der Waals surface area contributed by atoms with Gasteiger partial charge in [0.25, 0.3) is 5.91 Å². The average molecular weight is 559 g/mol. The van der Waals surface area contributed by atoms with Gasteiger partial charge in [0.2, 0.25) is 0 Å². The smallest absolute Gasteiger partial charge is 0.409 e. The maximum Gasteiger partial charge on any atom is 0.409 e. The first-order valence-electron chi connectivity index (χ1n) is 12.4. The van der Waals surface area contributed by atoms with E-state index in [0.717, 1.165) is 0 Å². The first-order valence-corrected chi connectivity index (χ1v) is 14.3. The molecule has 4 rings (SSSR count). The average Bonchev–Trinajstić information content (AvgIpc) is 2.87. The molecule has 0 radical (unpaired) electrons. The molecule has 0 unspecified atom stereocenters. The molecule has 0 spiro atoms. The number of aromatic nitrogens is 1. The van der Waals surface area contributed by atoms with Crippen LogP contribution in [0.25, 0.3) is 10.9 Å². The molecule has 1 fully saturated rings. The summed E-state index contributed by atoms with van der Waals surface area (Å²) in [6, 6.07) is 10.1. The zero-order valence-electron chi connectivity index (χ0n) is 21.5. The number of likely N-dealkylation sites (tertiary alicyclic amines) is 1. The van der Waals surface area contributed by atoms with Crippen molar-refractivity contribution >= 4 is 55.7 Å². The quantitative estimate of drug-likeness (QED) is 0.413. The van der Waals surface area contributed by atoms with Crippen LogP contribution in [0.2, 0.25) is 5.02 Å². The molecule has 0 saturated carbocycles. The van der Waals surface area contributed by atoms with E-state index in [4.69, 9.17) is 22.1 Å². The van der Waals surface area contributed by atoms with E-state index >= 15 is 0 Å². The summed E-state index contributed by atoms with van der Waals surface area (Å²) in [6.45, 7) is 6.59. The zero-order chi connectivity index (χ0) is 27.6. The zero-order valence-corrected chi connectivity index (χ0v) is 23.1. The number of ether oxygens (including phenoxy) is 1. The number of sulfone groups is 1. The lowest BCUT2D eigenvalue weighted by molar-refractivity contribution is 0.0859. The summed E-state index contributed by atoms with van der Waals surface area (Å²) in [5.41, 5.74) is 7.91. The third kappa shape index (κ3) is 5.86. The lowest BCUT2D eigenvalue weighted by atomic mass is 10.1. The fourth-order valence-corrected chi connectivity index (χ4v) is 6.54. The van der Waals surface area contributed by atoms with Crippen LogP contribution in [0, 0.1) is 12.8 Å². The molecule has 202 valence electrons. The van der Waals surface area contributed by atoms with Crippen LogP contribution in [0.3, 0.4) is 0 Å². The van der Waals surface area contributed by atoms with Gasteiger partial charge in [-0.15, -0.1) is 0 Å². The number of fused-ring (bicyclic) bond motifs is 1. The number of hydrogen-bond acceptors (Lipinski definition) is 7. The van der Waals surface area contributed by atoms with E-state index in [1.165, 1.54) is 12.3 Å². The molecule has 9 nitrogen and oxygen atoms in total. The Morgan fingerprint density at radius 3 is 2.55 bits per heavy atom. The standard InChI is InChI=1S/C27H31ClN4O5S/c1-16(2)15-37-27(34)32-9-7-20(8-10-32)38(35,36)21-11-17(3)24-22(13-21)25(23(14-30-24)26(29)33)31-19-6-4-5-18(28)12-19/h4-6,11-14,16,20H,7-10,15H2,1-3H3,(H2,29,33)(H,30,31). The number of nitrogens with one attached hydrogen (secondary N) is 1.